The maximum absolute atomic E-state index is 3.71. The van der Waals surface area contributed by atoms with E-state index in [-0.39, 0.29) is 0 Å². The van der Waals surface area contributed by atoms with Crippen LogP contribution < -0.4 is 5.32 Å². The first-order valence-electron chi connectivity index (χ1n) is 6.07. The minimum atomic E-state index is 0.405. The van der Waals surface area contributed by atoms with Gasteiger partial charge in [-0.2, -0.15) is 0 Å². The summed E-state index contributed by atoms with van der Waals surface area (Å²) < 4.78 is 0. The van der Waals surface area contributed by atoms with Crippen molar-refractivity contribution in [3.63, 3.8) is 0 Å². The summed E-state index contributed by atoms with van der Waals surface area (Å²) in [5.74, 6) is 1.18. The lowest BCUT2D eigenvalue weighted by Crippen LogP contribution is -2.32. The summed E-state index contributed by atoms with van der Waals surface area (Å²) >= 11 is 1.97. The van der Waals surface area contributed by atoms with Crippen molar-refractivity contribution in [2.24, 2.45) is 5.41 Å². The zero-order valence-corrected chi connectivity index (χ0v) is 11.2. The van der Waals surface area contributed by atoms with Crippen molar-refractivity contribution in [1.82, 2.24) is 5.32 Å². The van der Waals surface area contributed by atoms with Gasteiger partial charge in [0.1, 0.15) is 0 Å². The molecule has 1 N–H and O–H groups in total. The molecule has 1 aliphatic rings. The monoisotopic (exact) mass is 235 g/mol. The van der Waals surface area contributed by atoms with E-state index in [1.54, 1.807) is 0 Å². The van der Waals surface area contributed by atoms with Gasteiger partial charge in [-0.1, -0.05) is 39.0 Å². The molecule has 1 atom stereocenters. The molecule has 0 aliphatic carbocycles. The third kappa shape index (κ3) is 2.61. The minimum absolute atomic E-state index is 0.405. The fourth-order valence-corrected chi connectivity index (χ4v) is 3.05. The van der Waals surface area contributed by atoms with Crippen LogP contribution in [0.15, 0.2) is 29.2 Å². The number of hydrogen-bond donors (Lipinski definition) is 1. The highest BCUT2D eigenvalue weighted by molar-refractivity contribution is 7.99. The zero-order chi connectivity index (χ0) is 11.6. The number of nitrogens with one attached hydrogen (secondary N) is 1. The van der Waals surface area contributed by atoms with Crippen LogP contribution in [0.3, 0.4) is 0 Å². The molecule has 0 spiro atoms. The van der Waals surface area contributed by atoms with Crippen molar-refractivity contribution in [1.29, 1.82) is 0 Å². The molecular formula is C14H21NS. The molecule has 0 saturated carbocycles. The molecule has 0 radical (unpaired) electrons. The summed E-state index contributed by atoms with van der Waals surface area (Å²) in [6.07, 6.45) is 1.22. The molecule has 0 amide bonds. The lowest BCUT2D eigenvalue weighted by molar-refractivity contribution is 0.315. The summed E-state index contributed by atoms with van der Waals surface area (Å²) in [6.45, 7) is 8.02. The number of thioether (sulfide) groups is 1. The molecule has 2 rings (SSSR count). The Labute approximate surface area is 103 Å². The fraction of sp³-hybridized carbons (Fsp3) is 0.571. The molecule has 1 heterocycles. The maximum Gasteiger partial charge on any atom is 0.0426 e. The predicted octanol–water partition coefficient (Wildman–Crippen LogP) is 3.86. The van der Waals surface area contributed by atoms with E-state index >= 15 is 0 Å². The van der Waals surface area contributed by atoms with Crippen LogP contribution >= 0.6 is 11.8 Å². The topological polar surface area (TPSA) is 12.0 Å². The molecule has 1 aromatic carbocycles. The summed E-state index contributed by atoms with van der Waals surface area (Å²) in [5.41, 5.74) is 1.89. The van der Waals surface area contributed by atoms with E-state index in [2.05, 4.69) is 50.4 Å². The van der Waals surface area contributed by atoms with Crippen molar-refractivity contribution >= 4 is 11.8 Å². The Kier molecular flexibility index (Phi) is 3.60. The Balaban J connectivity index is 1.99. The van der Waals surface area contributed by atoms with Crippen molar-refractivity contribution < 1.29 is 0 Å². The first-order valence-corrected chi connectivity index (χ1v) is 7.06. The van der Waals surface area contributed by atoms with Gasteiger partial charge in [0.15, 0.2) is 0 Å². The smallest absolute Gasteiger partial charge is 0.0426 e. The zero-order valence-electron chi connectivity index (χ0n) is 10.4. The lowest BCUT2D eigenvalue weighted by Gasteiger charge is -2.25. The van der Waals surface area contributed by atoms with Crippen molar-refractivity contribution in [2.45, 2.75) is 38.1 Å². The second-order valence-corrected chi connectivity index (χ2v) is 6.36. The molecule has 1 nitrogen and oxygen atoms in total. The number of hydrogen-bond acceptors (Lipinski definition) is 2. The van der Waals surface area contributed by atoms with Crippen LogP contribution in [0.2, 0.25) is 0 Å². The molecule has 0 saturated heterocycles. The summed E-state index contributed by atoms with van der Waals surface area (Å²) in [6, 6.07) is 9.31. The third-order valence-corrected chi connectivity index (χ3v) is 4.67. The van der Waals surface area contributed by atoms with E-state index in [9.17, 15) is 0 Å². The SMILES string of the molecule is CCC(C)(C)CNC1CSc2ccccc21. The van der Waals surface area contributed by atoms with Crippen LogP contribution in [0.5, 0.6) is 0 Å². The number of fused-ring (bicyclic) bond motifs is 1. The molecular weight excluding hydrogens is 214 g/mol. The first-order chi connectivity index (χ1) is 7.62. The highest BCUT2D eigenvalue weighted by atomic mass is 32.2. The highest BCUT2D eigenvalue weighted by Crippen LogP contribution is 2.38. The van der Waals surface area contributed by atoms with Gasteiger partial charge in [0.05, 0.1) is 0 Å². The molecule has 88 valence electrons. The van der Waals surface area contributed by atoms with E-state index in [1.165, 1.54) is 22.6 Å². The van der Waals surface area contributed by atoms with Crippen molar-refractivity contribution in [3.05, 3.63) is 29.8 Å². The lowest BCUT2D eigenvalue weighted by atomic mass is 9.90. The molecule has 16 heavy (non-hydrogen) atoms. The average Bonchev–Trinajstić information content (AvgIpc) is 2.70. The van der Waals surface area contributed by atoms with Crippen LogP contribution in [0.25, 0.3) is 0 Å². The molecule has 2 heteroatoms. The third-order valence-electron chi connectivity index (χ3n) is 3.48. The summed E-state index contributed by atoms with van der Waals surface area (Å²) in [5, 5.41) is 3.71. The van der Waals surface area contributed by atoms with Gasteiger partial charge in [-0.15, -0.1) is 11.8 Å². The quantitative estimate of drug-likeness (QED) is 0.850. The van der Waals surface area contributed by atoms with E-state index in [0.717, 1.165) is 6.54 Å². The Morgan fingerprint density at radius 3 is 2.88 bits per heavy atom. The van der Waals surface area contributed by atoms with Crippen LogP contribution in [0.1, 0.15) is 38.8 Å². The van der Waals surface area contributed by atoms with E-state index in [0.29, 0.717) is 11.5 Å². The summed E-state index contributed by atoms with van der Waals surface area (Å²) in [4.78, 5) is 1.45. The molecule has 0 bridgehead atoms. The molecule has 0 fully saturated rings. The average molecular weight is 235 g/mol. The Morgan fingerprint density at radius 2 is 2.12 bits per heavy atom. The van der Waals surface area contributed by atoms with Crippen LogP contribution in [-0.2, 0) is 0 Å². The standard InChI is InChI=1S/C14H21NS/c1-4-14(2,3)10-15-12-9-16-13-8-6-5-7-11(12)13/h5-8,12,15H,4,9-10H2,1-3H3. The largest absolute Gasteiger partial charge is 0.309 e. The van der Waals surface area contributed by atoms with Gasteiger partial charge in [0, 0.05) is 23.2 Å². The predicted molar refractivity (Wildman–Crippen MR) is 72.0 cm³/mol. The Hall–Kier alpha value is -0.470. The van der Waals surface area contributed by atoms with Gasteiger partial charge in [0.25, 0.3) is 0 Å². The molecule has 1 unspecified atom stereocenters. The molecule has 1 aliphatic heterocycles. The Morgan fingerprint density at radius 1 is 1.38 bits per heavy atom. The normalized spacial score (nSPS) is 19.8. The van der Waals surface area contributed by atoms with Gasteiger partial charge in [0.2, 0.25) is 0 Å². The second-order valence-electron chi connectivity index (χ2n) is 5.30. The van der Waals surface area contributed by atoms with Gasteiger partial charge in [-0.05, 0) is 23.5 Å². The van der Waals surface area contributed by atoms with E-state index in [1.807, 2.05) is 11.8 Å². The van der Waals surface area contributed by atoms with E-state index in [4.69, 9.17) is 0 Å². The van der Waals surface area contributed by atoms with Gasteiger partial charge >= 0.3 is 0 Å². The molecule has 0 aromatic heterocycles. The molecule has 1 aromatic rings. The van der Waals surface area contributed by atoms with E-state index < -0.39 is 0 Å². The first kappa shape index (κ1) is 12.0. The van der Waals surface area contributed by atoms with Crippen molar-refractivity contribution in [2.75, 3.05) is 12.3 Å². The van der Waals surface area contributed by atoms with Gasteiger partial charge in [-0.3, -0.25) is 0 Å². The van der Waals surface area contributed by atoms with Gasteiger partial charge < -0.3 is 5.32 Å². The van der Waals surface area contributed by atoms with Crippen LogP contribution in [0, 0.1) is 5.41 Å². The minimum Gasteiger partial charge on any atom is -0.309 e. The Bertz CT molecular complexity index is 360. The number of benzene rings is 1. The number of rotatable bonds is 4. The second kappa shape index (κ2) is 4.80. The highest BCUT2D eigenvalue weighted by Gasteiger charge is 2.24. The van der Waals surface area contributed by atoms with Crippen LogP contribution in [0.4, 0.5) is 0 Å². The van der Waals surface area contributed by atoms with Crippen LogP contribution in [-0.4, -0.2) is 12.3 Å². The fourth-order valence-electron chi connectivity index (χ4n) is 1.86. The van der Waals surface area contributed by atoms with Crippen molar-refractivity contribution in [3.8, 4) is 0 Å². The van der Waals surface area contributed by atoms with Gasteiger partial charge in [-0.25, -0.2) is 0 Å². The maximum atomic E-state index is 3.71. The summed E-state index contributed by atoms with van der Waals surface area (Å²) in [7, 11) is 0.